The van der Waals surface area contributed by atoms with Crippen LogP contribution in [0.4, 0.5) is 4.79 Å². The van der Waals surface area contributed by atoms with E-state index in [-0.39, 0.29) is 24.3 Å². The molecule has 0 spiro atoms. The fraction of sp³-hybridized carbons (Fsp3) is 0.400. The van der Waals surface area contributed by atoms with E-state index in [2.05, 4.69) is 20.9 Å². The molecule has 7 nitrogen and oxygen atoms in total. The fourth-order valence-corrected chi connectivity index (χ4v) is 3.77. The first-order valence-corrected chi connectivity index (χ1v) is 11.3. The van der Waals surface area contributed by atoms with Crippen molar-refractivity contribution in [2.75, 3.05) is 19.6 Å². The Labute approximate surface area is 189 Å². The van der Waals surface area contributed by atoms with Crippen molar-refractivity contribution in [3.63, 3.8) is 0 Å². The van der Waals surface area contributed by atoms with Crippen molar-refractivity contribution in [2.45, 2.75) is 44.7 Å². The summed E-state index contributed by atoms with van der Waals surface area (Å²) in [4.78, 5) is 38.3. The summed E-state index contributed by atoms with van der Waals surface area (Å²) in [6.45, 7) is 2.64. The van der Waals surface area contributed by atoms with Gasteiger partial charge in [-0.05, 0) is 30.4 Å². The van der Waals surface area contributed by atoms with Gasteiger partial charge >= 0.3 is 6.03 Å². The van der Waals surface area contributed by atoms with Crippen LogP contribution in [0.3, 0.4) is 0 Å². The Morgan fingerprint density at radius 2 is 1.44 bits per heavy atom. The Bertz CT molecular complexity index is 865. The lowest BCUT2D eigenvalue weighted by Gasteiger charge is -2.32. The van der Waals surface area contributed by atoms with Crippen LogP contribution in [0.1, 0.15) is 36.8 Å². The molecule has 1 aliphatic rings. The molecule has 3 rings (SSSR count). The number of urea groups is 1. The van der Waals surface area contributed by atoms with Crippen LogP contribution in [-0.4, -0.2) is 48.4 Å². The first kappa shape index (κ1) is 23.5. The van der Waals surface area contributed by atoms with E-state index in [4.69, 9.17) is 0 Å². The monoisotopic (exact) mass is 436 g/mol. The molecule has 0 atom stereocenters. The van der Waals surface area contributed by atoms with Crippen LogP contribution in [0.25, 0.3) is 0 Å². The van der Waals surface area contributed by atoms with Gasteiger partial charge in [0.15, 0.2) is 0 Å². The number of benzene rings is 2. The van der Waals surface area contributed by atoms with Gasteiger partial charge < -0.3 is 15.5 Å². The molecular formula is C25H32N4O3. The van der Waals surface area contributed by atoms with Gasteiger partial charge in [0.2, 0.25) is 11.8 Å². The summed E-state index contributed by atoms with van der Waals surface area (Å²) in [5, 5.41) is 8.20. The SMILES string of the molecule is O=C(CCN1CCC(NC(=O)CCc2ccccc2)CC1)NC(=O)NCc1ccccc1. The van der Waals surface area contributed by atoms with Crippen LogP contribution in [0.5, 0.6) is 0 Å². The maximum atomic E-state index is 12.2. The number of likely N-dealkylation sites (tertiary alicyclic amines) is 1. The molecule has 0 radical (unpaired) electrons. The molecule has 0 bridgehead atoms. The zero-order valence-electron chi connectivity index (χ0n) is 18.4. The van der Waals surface area contributed by atoms with Crippen LogP contribution in [-0.2, 0) is 22.6 Å². The minimum Gasteiger partial charge on any atom is -0.353 e. The molecular weight excluding hydrogens is 404 g/mol. The van der Waals surface area contributed by atoms with Crippen molar-refractivity contribution in [3.05, 3.63) is 71.8 Å². The first-order valence-electron chi connectivity index (χ1n) is 11.3. The number of carbonyl (C=O) groups is 3. The van der Waals surface area contributed by atoms with Crippen LogP contribution in [0.15, 0.2) is 60.7 Å². The van der Waals surface area contributed by atoms with Gasteiger partial charge in [-0.1, -0.05) is 60.7 Å². The van der Waals surface area contributed by atoms with Gasteiger partial charge in [0.05, 0.1) is 0 Å². The number of aryl methyl sites for hydroxylation is 1. The summed E-state index contributed by atoms with van der Waals surface area (Å²) in [5.41, 5.74) is 2.15. The zero-order chi connectivity index (χ0) is 22.6. The quantitative estimate of drug-likeness (QED) is 0.564. The van der Waals surface area contributed by atoms with Crippen LogP contribution < -0.4 is 16.0 Å². The Kier molecular flexibility index (Phi) is 9.25. The zero-order valence-corrected chi connectivity index (χ0v) is 18.4. The van der Waals surface area contributed by atoms with Gasteiger partial charge in [0.25, 0.3) is 0 Å². The maximum absolute atomic E-state index is 12.2. The summed E-state index contributed by atoms with van der Waals surface area (Å²) in [5.74, 6) is -0.194. The molecule has 32 heavy (non-hydrogen) atoms. The smallest absolute Gasteiger partial charge is 0.321 e. The molecule has 7 heteroatoms. The maximum Gasteiger partial charge on any atom is 0.321 e. The van der Waals surface area contributed by atoms with E-state index >= 15 is 0 Å². The molecule has 0 unspecified atom stereocenters. The lowest BCUT2D eigenvalue weighted by molar-refractivity contribution is -0.122. The molecule has 1 fully saturated rings. The molecule has 1 saturated heterocycles. The van der Waals surface area contributed by atoms with Gasteiger partial charge in [-0.15, -0.1) is 0 Å². The van der Waals surface area contributed by atoms with Gasteiger partial charge in [0.1, 0.15) is 0 Å². The number of amides is 4. The molecule has 3 N–H and O–H groups in total. The minimum absolute atomic E-state index is 0.0909. The third-order valence-electron chi connectivity index (χ3n) is 5.64. The topological polar surface area (TPSA) is 90.5 Å². The Morgan fingerprint density at radius 3 is 2.09 bits per heavy atom. The number of carbonyl (C=O) groups excluding carboxylic acids is 3. The second-order valence-corrected chi connectivity index (χ2v) is 8.14. The van der Waals surface area contributed by atoms with Crippen molar-refractivity contribution in [3.8, 4) is 0 Å². The molecule has 0 aliphatic carbocycles. The lowest BCUT2D eigenvalue weighted by atomic mass is 10.0. The van der Waals surface area contributed by atoms with E-state index in [1.807, 2.05) is 60.7 Å². The molecule has 170 valence electrons. The highest BCUT2D eigenvalue weighted by atomic mass is 16.2. The Balaban J connectivity index is 1.25. The van der Waals surface area contributed by atoms with E-state index < -0.39 is 6.03 Å². The van der Waals surface area contributed by atoms with E-state index in [0.29, 0.717) is 19.5 Å². The summed E-state index contributed by atoms with van der Waals surface area (Å²) in [6, 6.07) is 19.3. The van der Waals surface area contributed by atoms with E-state index in [9.17, 15) is 14.4 Å². The van der Waals surface area contributed by atoms with Crippen LogP contribution in [0, 0.1) is 0 Å². The lowest BCUT2D eigenvalue weighted by Crippen LogP contribution is -2.46. The summed E-state index contributed by atoms with van der Waals surface area (Å²) in [7, 11) is 0. The largest absolute Gasteiger partial charge is 0.353 e. The standard InChI is InChI=1S/C25H32N4O3/c30-23(12-11-20-7-3-1-4-8-20)27-22-13-16-29(17-14-22)18-15-24(31)28-25(32)26-19-21-9-5-2-6-10-21/h1-10,22H,11-19H2,(H,27,30)(H2,26,28,31,32). The number of rotatable bonds is 9. The molecule has 0 aromatic heterocycles. The van der Waals surface area contributed by atoms with E-state index in [0.717, 1.165) is 37.9 Å². The number of imide groups is 1. The van der Waals surface area contributed by atoms with Crippen molar-refractivity contribution in [1.29, 1.82) is 0 Å². The Morgan fingerprint density at radius 1 is 0.812 bits per heavy atom. The van der Waals surface area contributed by atoms with Crippen molar-refractivity contribution in [1.82, 2.24) is 20.9 Å². The summed E-state index contributed by atoms with van der Waals surface area (Å²) < 4.78 is 0. The molecule has 4 amide bonds. The van der Waals surface area contributed by atoms with Crippen LogP contribution >= 0.6 is 0 Å². The van der Waals surface area contributed by atoms with Crippen LogP contribution in [0.2, 0.25) is 0 Å². The number of hydrogen-bond acceptors (Lipinski definition) is 4. The highest BCUT2D eigenvalue weighted by Gasteiger charge is 2.21. The minimum atomic E-state index is -0.476. The summed E-state index contributed by atoms with van der Waals surface area (Å²) in [6.07, 6.45) is 3.26. The normalized spacial score (nSPS) is 14.5. The van der Waals surface area contributed by atoms with Crippen molar-refractivity contribution < 1.29 is 14.4 Å². The van der Waals surface area contributed by atoms with Gasteiger partial charge in [-0.3, -0.25) is 14.9 Å². The molecule has 1 aliphatic heterocycles. The Hall–Kier alpha value is -3.19. The van der Waals surface area contributed by atoms with Gasteiger partial charge in [-0.25, -0.2) is 4.79 Å². The number of piperidine rings is 1. The third-order valence-corrected chi connectivity index (χ3v) is 5.64. The van der Waals surface area contributed by atoms with Crippen molar-refractivity contribution in [2.24, 2.45) is 0 Å². The number of nitrogens with one attached hydrogen (secondary N) is 3. The predicted octanol–water partition coefficient (Wildman–Crippen LogP) is 2.62. The van der Waals surface area contributed by atoms with Gasteiger partial charge in [0, 0.05) is 45.1 Å². The predicted molar refractivity (Wildman–Crippen MR) is 124 cm³/mol. The average Bonchev–Trinajstić information content (AvgIpc) is 2.82. The van der Waals surface area contributed by atoms with Gasteiger partial charge in [-0.2, -0.15) is 0 Å². The molecule has 0 saturated carbocycles. The fourth-order valence-electron chi connectivity index (χ4n) is 3.77. The first-order chi connectivity index (χ1) is 15.6. The summed E-state index contributed by atoms with van der Waals surface area (Å²) >= 11 is 0. The number of hydrogen-bond donors (Lipinski definition) is 3. The van der Waals surface area contributed by atoms with Crippen molar-refractivity contribution >= 4 is 17.8 Å². The second-order valence-electron chi connectivity index (χ2n) is 8.14. The number of nitrogens with zero attached hydrogens (tertiary/aromatic N) is 1. The van der Waals surface area contributed by atoms with E-state index in [1.54, 1.807) is 0 Å². The molecule has 2 aromatic carbocycles. The molecule has 2 aromatic rings. The molecule has 1 heterocycles. The highest BCUT2D eigenvalue weighted by molar-refractivity contribution is 5.94. The average molecular weight is 437 g/mol. The third kappa shape index (κ3) is 8.51. The second kappa shape index (κ2) is 12.6. The van der Waals surface area contributed by atoms with E-state index in [1.165, 1.54) is 5.56 Å². The highest BCUT2D eigenvalue weighted by Crippen LogP contribution is 2.11.